The molecule has 0 spiro atoms. The number of anilines is 1. The molecule has 4 aromatic rings. The standard InChI is InChI=1S/C28H28N2O/c1-6-21-9-7-8-10-24(21)29-28(31)25-20(5)27(22-13-11-17(2)12-14-22)30-26-19(4)15-18(3)16-23(25)26/h7-16H,6H2,1-5H3,(H,29,31). The number of nitrogens with zero attached hydrogens (tertiary/aromatic N) is 1. The van der Waals surface area contributed by atoms with Gasteiger partial charge in [0.25, 0.3) is 5.91 Å². The molecule has 1 aromatic heterocycles. The lowest BCUT2D eigenvalue weighted by Gasteiger charge is -2.17. The largest absolute Gasteiger partial charge is 0.322 e. The molecule has 0 fully saturated rings. The molecule has 0 bridgehead atoms. The van der Waals surface area contributed by atoms with E-state index in [4.69, 9.17) is 4.98 Å². The summed E-state index contributed by atoms with van der Waals surface area (Å²) in [6, 6.07) is 20.5. The van der Waals surface area contributed by atoms with E-state index < -0.39 is 0 Å². The number of hydrogen-bond acceptors (Lipinski definition) is 2. The van der Waals surface area contributed by atoms with Crippen molar-refractivity contribution >= 4 is 22.5 Å². The number of carbonyl (C=O) groups is 1. The van der Waals surface area contributed by atoms with E-state index in [2.05, 4.69) is 75.5 Å². The number of benzene rings is 3. The van der Waals surface area contributed by atoms with Crippen LogP contribution in [0.15, 0.2) is 60.7 Å². The van der Waals surface area contributed by atoms with E-state index in [0.717, 1.165) is 56.5 Å². The van der Waals surface area contributed by atoms with Crippen LogP contribution >= 0.6 is 0 Å². The third kappa shape index (κ3) is 3.96. The molecule has 0 aliphatic carbocycles. The molecule has 0 saturated heterocycles. The SMILES string of the molecule is CCc1ccccc1NC(=O)c1c(C)c(-c2ccc(C)cc2)nc2c(C)cc(C)cc12. The minimum absolute atomic E-state index is 0.0934. The number of nitrogens with one attached hydrogen (secondary N) is 1. The third-order valence-corrected chi connectivity index (χ3v) is 5.87. The highest BCUT2D eigenvalue weighted by Crippen LogP contribution is 2.33. The molecule has 31 heavy (non-hydrogen) atoms. The lowest BCUT2D eigenvalue weighted by Crippen LogP contribution is -2.16. The summed E-state index contributed by atoms with van der Waals surface area (Å²) in [6.45, 7) is 10.3. The quantitative estimate of drug-likeness (QED) is 0.397. The van der Waals surface area contributed by atoms with Crippen molar-refractivity contribution in [1.82, 2.24) is 4.98 Å². The first-order valence-corrected chi connectivity index (χ1v) is 10.8. The second-order valence-electron chi connectivity index (χ2n) is 8.27. The maximum atomic E-state index is 13.6. The molecule has 156 valence electrons. The van der Waals surface area contributed by atoms with Crippen LogP contribution in [0.25, 0.3) is 22.2 Å². The highest BCUT2D eigenvalue weighted by atomic mass is 16.1. The molecule has 0 unspecified atom stereocenters. The van der Waals surface area contributed by atoms with Gasteiger partial charge in [-0.2, -0.15) is 0 Å². The monoisotopic (exact) mass is 408 g/mol. The topological polar surface area (TPSA) is 42.0 Å². The number of fused-ring (bicyclic) bond motifs is 1. The van der Waals surface area contributed by atoms with Crippen molar-refractivity contribution in [2.75, 3.05) is 5.32 Å². The first-order valence-electron chi connectivity index (χ1n) is 10.8. The molecule has 1 heterocycles. The van der Waals surface area contributed by atoms with Crippen molar-refractivity contribution in [2.24, 2.45) is 0 Å². The normalized spacial score (nSPS) is 11.0. The van der Waals surface area contributed by atoms with Crippen LogP contribution in [0.4, 0.5) is 5.69 Å². The molecule has 1 N–H and O–H groups in total. The van der Waals surface area contributed by atoms with Crippen LogP contribution in [-0.2, 0) is 6.42 Å². The second-order valence-corrected chi connectivity index (χ2v) is 8.27. The van der Waals surface area contributed by atoms with E-state index >= 15 is 0 Å². The predicted octanol–water partition coefficient (Wildman–Crippen LogP) is 6.95. The summed E-state index contributed by atoms with van der Waals surface area (Å²) in [4.78, 5) is 18.7. The van der Waals surface area contributed by atoms with Gasteiger partial charge in [-0.1, -0.05) is 66.6 Å². The van der Waals surface area contributed by atoms with Gasteiger partial charge in [-0.05, 0) is 62.9 Å². The molecule has 1 amide bonds. The maximum Gasteiger partial charge on any atom is 0.256 e. The molecule has 4 rings (SSSR count). The zero-order chi connectivity index (χ0) is 22.1. The number of rotatable bonds is 4. The first kappa shape index (κ1) is 20.8. The number of pyridine rings is 1. The molecular formula is C28H28N2O. The Hall–Kier alpha value is -3.46. The van der Waals surface area contributed by atoms with Gasteiger partial charge in [0.15, 0.2) is 0 Å². The minimum atomic E-state index is -0.0934. The predicted molar refractivity (Wildman–Crippen MR) is 130 cm³/mol. The van der Waals surface area contributed by atoms with Gasteiger partial charge < -0.3 is 5.32 Å². The molecule has 0 aliphatic rings. The van der Waals surface area contributed by atoms with Crippen molar-refractivity contribution in [3.63, 3.8) is 0 Å². The molecule has 3 nitrogen and oxygen atoms in total. The van der Waals surface area contributed by atoms with Gasteiger partial charge in [0, 0.05) is 16.6 Å². The summed E-state index contributed by atoms with van der Waals surface area (Å²) >= 11 is 0. The van der Waals surface area contributed by atoms with Crippen LogP contribution < -0.4 is 5.32 Å². The highest BCUT2D eigenvalue weighted by Gasteiger charge is 2.21. The summed E-state index contributed by atoms with van der Waals surface area (Å²) in [6.07, 6.45) is 0.860. The van der Waals surface area contributed by atoms with Crippen LogP contribution in [0.3, 0.4) is 0 Å². The zero-order valence-electron chi connectivity index (χ0n) is 18.8. The Labute approximate surface area is 184 Å². The fraction of sp³-hybridized carbons (Fsp3) is 0.214. The van der Waals surface area contributed by atoms with Gasteiger partial charge in [-0.15, -0.1) is 0 Å². The van der Waals surface area contributed by atoms with Crippen LogP contribution in [0.1, 0.15) is 45.1 Å². The van der Waals surface area contributed by atoms with Crippen molar-refractivity contribution in [3.8, 4) is 11.3 Å². The average molecular weight is 409 g/mol. The number of carbonyl (C=O) groups excluding carboxylic acids is 1. The van der Waals surface area contributed by atoms with Crippen LogP contribution in [-0.4, -0.2) is 10.9 Å². The summed E-state index contributed by atoms with van der Waals surface area (Å²) in [7, 11) is 0. The second kappa shape index (κ2) is 8.35. The maximum absolute atomic E-state index is 13.6. The molecule has 0 atom stereocenters. The van der Waals surface area contributed by atoms with E-state index in [9.17, 15) is 4.79 Å². The summed E-state index contributed by atoms with van der Waals surface area (Å²) < 4.78 is 0. The van der Waals surface area contributed by atoms with Crippen molar-refractivity contribution in [2.45, 2.75) is 41.0 Å². The van der Waals surface area contributed by atoms with Crippen molar-refractivity contribution < 1.29 is 4.79 Å². The smallest absolute Gasteiger partial charge is 0.256 e. The Morgan fingerprint density at radius 2 is 1.61 bits per heavy atom. The third-order valence-electron chi connectivity index (χ3n) is 5.87. The summed E-state index contributed by atoms with van der Waals surface area (Å²) in [5.41, 5.74) is 9.72. The minimum Gasteiger partial charge on any atom is -0.322 e. The van der Waals surface area contributed by atoms with Crippen molar-refractivity contribution in [3.05, 3.63) is 94.0 Å². The van der Waals surface area contributed by atoms with E-state index in [-0.39, 0.29) is 5.91 Å². The lowest BCUT2D eigenvalue weighted by molar-refractivity contribution is 0.102. The van der Waals surface area contributed by atoms with Gasteiger partial charge >= 0.3 is 0 Å². The fourth-order valence-corrected chi connectivity index (χ4v) is 4.24. The molecule has 3 aromatic carbocycles. The van der Waals surface area contributed by atoms with E-state index in [1.165, 1.54) is 5.56 Å². The molecular weight excluding hydrogens is 380 g/mol. The Kier molecular flexibility index (Phi) is 5.60. The summed E-state index contributed by atoms with van der Waals surface area (Å²) in [5, 5.41) is 4.07. The van der Waals surface area contributed by atoms with Crippen molar-refractivity contribution in [1.29, 1.82) is 0 Å². The molecule has 0 saturated carbocycles. The van der Waals surface area contributed by atoms with Gasteiger partial charge in [0.2, 0.25) is 0 Å². The molecule has 0 aliphatic heterocycles. The van der Waals surface area contributed by atoms with Gasteiger partial charge in [0.1, 0.15) is 0 Å². The Morgan fingerprint density at radius 1 is 0.903 bits per heavy atom. The fourth-order valence-electron chi connectivity index (χ4n) is 4.24. The van der Waals surface area contributed by atoms with Crippen LogP contribution in [0, 0.1) is 27.7 Å². The zero-order valence-corrected chi connectivity index (χ0v) is 18.8. The first-order chi connectivity index (χ1) is 14.9. The van der Waals surface area contributed by atoms with E-state index in [1.807, 2.05) is 25.1 Å². The number of hydrogen-bond donors (Lipinski definition) is 1. The number of para-hydroxylation sites is 1. The average Bonchev–Trinajstić information content (AvgIpc) is 2.74. The summed E-state index contributed by atoms with van der Waals surface area (Å²) in [5.74, 6) is -0.0934. The number of amides is 1. The highest BCUT2D eigenvalue weighted by molar-refractivity contribution is 6.15. The Morgan fingerprint density at radius 3 is 2.32 bits per heavy atom. The lowest BCUT2D eigenvalue weighted by atomic mass is 9.94. The number of aryl methyl sites for hydroxylation is 4. The van der Waals surface area contributed by atoms with Crippen LogP contribution in [0.2, 0.25) is 0 Å². The van der Waals surface area contributed by atoms with E-state index in [0.29, 0.717) is 5.56 Å². The Balaban J connectivity index is 1.94. The molecule has 0 radical (unpaired) electrons. The van der Waals surface area contributed by atoms with Gasteiger partial charge in [0.05, 0.1) is 16.8 Å². The Bertz CT molecular complexity index is 1290. The van der Waals surface area contributed by atoms with Crippen LogP contribution in [0.5, 0.6) is 0 Å². The van der Waals surface area contributed by atoms with Gasteiger partial charge in [-0.3, -0.25) is 4.79 Å². The number of aromatic nitrogens is 1. The molecule has 3 heteroatoms. The van der Waals surface area contributed by atoms with E-state index in [1.54, 1.807) is 0 Å². The van der Waals surface area contributed by atoms with Gasteiger partial charge in [-0.25, -0.2) is 4.98 Å².